The molecule has 2 aromatic heterocycles. The second-order valence-electron chi connectivity index (χ2n) is 5.26. The molecule has 1 aromatic carbocycles. The number of halogens is 1. The number of benzene rings is 1. The SMILES string of the molecule is CCCOc1ccc(Cl)cc1NC(=O)c1cc(-c2cccnc2)on1. The summed E-state index contributed by atoms with van der Waals surface area (Å²) in [5.41, 5.74) is 1.38. The quantitative estimate of drug-likeness (QED) is 0.706. The van der Waals surface area contributed by atoms with Gasteiger partial charge in [0.25, 0.3) is 5.91 Å². The van der Waals surface area contributed by atoms with Crippen LogP contribution in [0.1, 0.15) is 23.8 Å². The van der Waals surface area contributed by atoms with Crippen LogP contribution in [0.4, 0.5) is 5.69 Å². The van der Waals surface area contributed by atoms with Gasteiger partial charge in [-0.05, 0) is 36.8 Å². The third kappa shape index (κ3) is 4.16. The monoisotopic (exact) mass is 357 g/mol. The lowest BCUT2D eigenvalue weighted by Gasteiger charge is -2.11. The number of rotatable bonds is 6. The van der Waals surface area contributed by atoms with Crippen molar-refractivity contribution in [3.05, 3.63) is 59.5 Å². The van der Waals surface area contributed by atoms with E-state index in [4.69, 9.17) is 20.9 Å². The van der Waals surface area contributed by atoms with E-state index in [0.29, 0.717) is 28.8 Å². The largest absolute Gasteiger partial charge is 0.491 e. The molecule has 128 valence electrons. The molecule has 0 unspecified atom stereocenters. The highest BCUT2D eigenvalue weighted by Crippen LogP contribution is 2.29. The summed E-state index contributed by atoms with van der Waals surface area (Å²) in [5.74, 6) is 0.602. The van der Waals surface area contributed by atoms with Crippen LogP contribution in [0.15, 0.2) is 53.3 Å². The van der Waals surface area contributed by atoms with E-state index in [0.717, 1.165) is 12.0 Å². The number of anilines is 1. The number of hydrogen-bond acceptors (Lipinski definition) is 5. The van der Waals surface area contributed by atoms with Gasteiger partial charge in [0.05, 0.1) is 12.3 Å². The van der Waals surface area contributed by atoms with Gasteiger partial charge >= 0.3 is 0 Å². The third-order valence-corrected chi connectivity index (χ3v) is 3.58. The van der Waals surface area contributed by atoms with E-state index in [1.165, 1.54) is 0 Å². The second kappa shape index (κ2) is 7.81. The first-order chi connectivity index (χ1) is 12.2. The van der Waals surface area contributed by atoms with Crippen molar-refractivity contribution in [3.63, 3.8) is 0 Å². The standard InChI is InChI=1S/C18H16ClN3O3/c1-2-8-24-16-6-5-13(19)9-14(16)21-18(23)15-10-17(25-22-15)12-4-3-7-20-11-12/h3-7,9-11H,2,8H2,1H3,(H,21,23). The number of carbonyl (C=O) groups excluding carboxylic acids is 1. The topological polar surface area (TPSA) is 77.2 Å². The molecule has 3 aromatic rings. The fourth-order valence-corrected chi connectivity index (χ4v) is 2.32. The Labute approximate surface area is 149 Å². The summed E-state index contributed by atoms with van der Waals surface area (Å²) in [6.45, 7) is 2.54. The molecule has 25 heavy (non-hydrogen) atoms. The Morgan fingerprint density at radius 2 is 2.20 bits per heavy atom. The molecule has 3 rings (SSSR count). The zero-order valence-electron chi connectivity index (χ0n) is 13.5. The molecule has 0 fully saturated rings. The Morgan fingerprint density at radius 3 is 2.96 bits per heavy atom. The molecule has 0 atom stereocenters. The molecule has 0 saturated carbocycles. The number of amides is 1. The lowest BCUT2D eigenvalue weighted by Crippen LogP contribution is -2.13. The van der Waals surface area contributed by atoms with Gasteiger partial charge in [-0.15, -0.1) is 0 Å². The van der Waals surface area contributed by atoms with Gasteiger partial charge in [0.1, 0.15) is 5.75 Å². The molecule has 0 aliphatic rings. The first kappa shape index (κ1) is 17.0. The predicted octanol–water partition coefficient (Wildman–Crippen LogP) is 4.43. The van der Waals surface area contributed by atoms with E-state index in [1.807, 2.05) is 13.0 Å². The smallest absolute Gasteiger partial charge is 0.277 e. The number of pyridine rings is 1. The van der Waals surface area contributed by atoms with E-state index in [2.05, 4.69) is 15.5 Å². The molecule has 6 nitrogen and oxygen atoms in total. The summed E-state index contributed by atoms with van der Waals surface area (Å²) in [7, 11) is 0. The highest BCUT2D eigenvalue weighted by atomic mass is 35.5. The summed E-state index contributed by atoms with van der Waals surface area (Å²) in [6.07, 6.45) is 4.15. The number of carbonyl (C=O) groups is 1. The molecule has 0 radical (unpaired) electrons. The molecular formula is C18H16ClN3O3. The van der Waals surface area contributed by atoms with Crippen LogP contribution in [0.25, 0.3) is 11.3 Å². The van der Waals surface area contributed by atoms with Gasteiger partial charge < -0.3 is 14.6 Å². The van der Waals surface area contributed by atoms with Gasteiger partial charge in [0, 0.05) is 29.0 Å². The molecule has 0 saturated heterocycles. The van der Waals surface area contributed by atoms with Crippen molar-refractivity contribution in [2.75, 3.05) is 11.9 Å². The van der Waals surface area contributed by atoms with Crippen LogP contribution in [0, 0.1) is 0 Å². The highest BCUT2D eigenvalue weighted by Gasteiger charge is 2.16. The van der Waals surface area contributed by atoms with Gasteiger partial charge in [-0.25, -0.2) is 0 Å². The summed E-state index contributed by atoms with van der Waals surface area (Å²) in [6, 6.07) is 10.2. The van der Waals surface area contributed by atoms with Crippen molar-refractivity contribution < 1.29 is 14.1 Å². The molecule has 7 heteroatoms. The number of hydrogen-bond donors (Lipinski definition) is 1. The number of ether oxygens (including phenoxy) is 1. The summed E-state index contributed by atoms with van der Waals surface area (Å²) >= 11 is 6.02. The zero-order valence-corrected chi connectivity index (χ0v) is 14.3. The van der Waals surface area contributed by atoms with Crippen LogP contribution in [-0.2, 0) is 0 Å². The Balaban J connectivity index is 1.79. The van der Waals surface area contributed by atoms with Crippen molar-refractivity contribution in [1.82, 2.24) is 10.1 Å². The van der Waals surface area contributed by atoms with E-state index in [1.54, 1.807) is 42.7 Å². The second-order valence-corrected chi connectivity index (χ2v) is 5.70. The molecular weight excluding hydrogens is 342 g/mol. The average Bonchev–Trinajstić information content (AvgIpc) is 3.12. The van der Waals surface area contributed by atoms with Crippen LogP contribution < -0.4 is 10.1 Å². The third-order valence-electron chi connectivity index (χ3n) is 3.34. The van der Waals surface area contributed by atoms with Crippen LogP contribution in [0.5, 0.6) is 5.75 Å². The normalized spacial score (nSPS) is 10.5. The van der Waals surface area contributed by atoms with Gasteiger partial charge in [-0.1, -0.05) is 23.7 Å². The van der Waals surface area contributed by atoms with Gasteiger partial charge in [0.2, 0.25) is 0 Å². The minimum Gasteiger partial charge on any atom is -0.491 e. The Bertz CT molecular complexity index is 865. The van der Waals surface area contributed by atoms with E-state index < -0.39 is 5.91 Å². The van der Waals surface area contributed by atoms with Crippen LogP contribution in [-0.4, -0.2) is 22.7 Å². The molecule has 0 bridgehead atoms. The molecule has 1 amide bonds. The molecule has 0 spiro atoms. The Hall–Kier alpha value is -2.86. The maximum Gasteiger partial charge on any atom is 0.277 e. The highest BCUT2D eigenvalue weighted by molar-refractivity contribution is 6.31. The van der Waals surface area contributed by atoms with E-state index in [-0.39, 0.29) is 5.69 Å². The summed E-state index contributed by atoms with van der Waals surface area (Å²) < 4.78 is 10.8. The number of nitrogens with one attached hydrogen (secondary N) is 1. The Morgan fingerprint density at radius 1 is 1.32 bits per heavy atom. The fraction of sp³-hybridized carbons (Fsp3) is 0.167. The first-order valence-electron chi connectivity index (χ1n) is 7.78. The average molecular weight is 358 g/mol. The van der Waals surface area contributed by atoms with Gasteiger partial charge in [-0.3, -0.25) is 9.78 Å². The van der Waals surface area contributed by atoms with Crippen molar-refractivity contribution in [2.24, 2.45) is 0 Å². The van der Waals surface area contributed by atoms with Gasteiger partial charge in [-0.2, -0.15) is 0 Å². The first-order valence-corrected chi connectivity index (χ1v) is 8.16. The van der Waals surface area contributed by atoms with E-state index in [9.17, 15) is 4.79 Å². The number of aromatic nitrogens is 2. The van der Waals surface area contributed by atoms with Crippen molar-refractivity contribution in [1.29, 1.82) is 0 Å². The minimum absolute atomic E-state index is 0.153. The molecule has 1 N–H and O–H groups in total. The number of nitrogens with zero attached hydrogens (tertiary/aromatic N) is 2. The molecule has 2 heterocycles. The Kier molecular flexibility index (Phi) is 5.30. The predicted molar refractivity (Wildman–Crippen MR) is 94.9 cm³/mol. The maximum atomic E-state index is 12.4. The van der Waals surface area contributed by atoms with Crippen molar-refractivity contribution >= 4 is 23.2 Å². The molecule has 0 aliphatic carbocycles. The lowest BCUT2D eigenvalue weighted by molar-refractivity contribution is 0.101. The fourth-order valence-electron chi connectivity index (χ4n) is 2.15. The molecule has 0 aliphatic heterocycles. The minimum atomic E-state index is -0.414. The van der Waals surface area contributed by atoms with Crippen LogP contribution in [0.2, 0.25) is 5.02 Å². The van der Waals surface area contributed by atoms with Crippen LogP contribution >= 0.6 is 11.6 Å². The lowest BCUT2D eigenvalue weighted by atomic mass is 10.2. The summed E-state index contributed by atoms with van der Waals surface area (Å²) in [4.78, 5) is 16.5. The van der Waals surface area contributed by atoms with Crippen LogP contribution in [0.3, 0.4) is 0 Å². The summed E-state index contributed by atoms with van der Waals surface area (Å²) in [5, 5.41) is 7.06. The zero-order chi connectivity index (χ0) is 17.6. The van der Waals surface area contributed by atoms with Gasteiger partial charge in [0.15, 0.2) is 11.5 Å². The maximum absolute atomic E-state index is 12.4. The van der Waals surface area contributed by atoms with Crippen molar-refractivity contribution in [3.8, 4) is 17.1 Å². The van der Waals surface area contributed by atoms with E-state index >= 15 is 0 Å². The van der Waals surface area contributed by atoms with Crippen molar-refractivity contribution in [2.45, 2.75) is 13.3 Å².